The molecule has 1 N–H and O–H groups in total. The van der Waals surface area contributed by atoms with Gasteiger partial charge in [0, 0.05) is 39.8 Å². The molecule has 0 spiro atoms. The zero-order chi connectivity index (χ0) is 16.9. The second-order valence-corrected chi connectivity index (χ2v) is 6.26. The first kappa shape index (κ1) is 16.5. The molecule has 0 atom stereocenters. The molecule has 6 heteroatoms. The number of amides is 2. The SMILES string of the molecule is Cc1c(NC(=O)N2CCN(CCc3ccccc3)CC2)cnn1C. The molecule has 1 aromatic carbocycles. The topological polar surface area (TPSA) is 53.4 Å². The van der Waals surface area contributed by atoms with Gasteiger partial charge in [-0.25, -0.2) is 4.79 Å². The molecule has 0 unspecified atom stereocenters. The number of hydrogen-bond donors (Lipinski definition) is 1. The Balaban J connectivity index is 1.44. The van der Waals surface area contributed by atoms with Crippen LogP contribution in [0.2, 0.25) is 0 Å². The maximum atomic E-state index is 12.4. The second kappa shape index (κ2) is 7.49. The van der Waals surface area contributed by atoms with E-state index in [1.54, 1.807) is 10.9 Å². The van der Waals surface area contributed by atoms with Crippen LogP contribution < -0.4 is 5.32 Å². The molecule has 1 fully saturated rings. The average Bonchev–Trinajstić information content (AvgIpc) is 2.93. The van der Waals surface area contributed by atoms with Crippen LogP contribution in [0.1, 0.15) is 11.3 Å². The molecule has 0 saturated carbocycles. The molecule has 0 radical (unpaired) electrons. The van der Waals surface area contributed by atoms with E-state index in [2.05, 4.69) is 39.6 Å². The maximum absolute atomic E-state index is 12.4. The van der Waals surface area contributed by atoms with Gasteiger partial charge in [-0.3, -0.25) is 9.58 Å². The number of urea groups is 1. The largest absolute Gasteiger partial charge is 0.322 e. The lowest BCUT2D eigenvalue weighted by atomic mass is 10.1. The quantitative estimate of drug-likeness (QED) is 0.936. The summed E-state index contributed by atoms with van der Waals surface area (Å²) in [4.78, 5) is 16.7. The van der Waals surface area contributed by atoms with Crippen LogP contribution in [0.4, 0.5) is 10.5 Å². The number of rotatable bonds is 4. The first-order valence-electron chi connectivity index (χ1n) is 8.44. The van der Waals surface area contributed by atoms with Gasteiger partial charge in [-0.15, -0.1) is 0 Å². The highest BCUT2D eigenvalue weighted by molar-refractivity contribution is 5.89. The third-order valence-corrected chi connectivity index (χ3v) is 4.70. The summed E-state index contributed by atoms with van der Waals surface area (Å²) >= 11 is 0. The fraction of sp³-hybridized carbons (Fsp3) is 0.444. The fourth-order valence-corrected chi connectivity index (χ4v) is 2.92. The molecule has 128 valence electrons. The molecule has 24 heavy (non-hydrogen) atoms. The lowest BCUT2D eigenvalue weighted by Crippen LogP contribution is -2.50. The van der Waals surface area contributed by atoms with Gasteiger partial charge in [-0.1, -0.05) is 30.3 Å². The van der Waals surface area contributed by atoms with Gasteiger partial charge in [-0.2, -0.15) is 5.10 Å². The van der Waals surface area contributed by atoms with E-state index >= 15 is 0 Å². The standard InChI is InChI=1S/C18H25N5O/c1-15-17(14-19-21(15)2)20-18(24)23-12-10-22(11-13-23)9-8-16-6-4-3-5-7-16/h3-7,14H,8-13H2,1-2H3,(H,20,24). The van der Waals surface area contributed by atoms with Crippen LogP contribution in [0.5, 0.6) is 0 Å². The number of carbonyl (C=O) groups is 1. The van der Waals surface area contributed by atoms with Gasteiger partial charge in [0.2, 0.25) is 0 Å². The van der Waals surface area contributed by atoms with Crippen molar-refractivity contribution in [2.75, 3.05) is 38.0 Å². The van der Waals surface area contributed by atoms with Crippen LogP contribution in [0, 0.1) is 6.92 Å². The maximum Gasteiger partial charge on any atom is 0.322 e. The molecule has 0 bridgehead atoms. The van der Waals surface area contributed by atoms with Gasteiger partial charge >= 0.3 is 6.03 Å². The normalized spacial score (nSPS) is 15.5. The summed E-state index contributed by atoms with van der Waals surface area (Å²) in [5.74, 6) is 0. The van der Waals surface area contributed by atoms with E-state index in [1.807, 2.05) is 24.9 Å². The number of nitrogens with zero attached hydrogens (tertiary/aromatic N) is 4. The molecule has 1 aliphatic heterocycles. The Labute approximate surface area is 143 Å². The number of piperazine rings is 1. The highest BCUT2D eigenvalue weighted by atomic mass is 16.2. The van der Waals surface area contributed by atoms with E-state index in [1.165, 1.54) is 5.56 Å². The van der Waals surface area contributed by atoms with Crippen LogP contribution >= 0.6 is 0 Å². The zero-order valence-corrected chi connectivity index (χ0v) is 14.4. The predicted octanol–water partition coefficient (Wildman–Crippen LogP) is 2.12. The Kier molecular flexibility index (Phi) is 5.15. The van der Waals surface area contributed by atoms with Crippen molar-refractivity contribution < 1.29 is 4.79 Å². The molecular formula is C18H25N5O. The van der Waals surface area contributed by atoms with Gasteiger partial charge in [0.25, 0.3) is 0 Å². The van der Waals surface area contributed by atoms with Gasteiger partial charge in [0.1, 0.15) is 0 Å². The van der Waals surface area contributed by atoms with E-state index in [0.717, 1.165) is 50.5 Å². The number of aryl methyl sites for hydroxylation is 1. The lowest BCUT2D eigenvalue weighted by Gasteiger charge is -2.34. The average molecular weight is 327 g/mol. The van der Waals surface area contributed by atoms with Crippen LogP contribution in [0.25, 0.3) is 0 Å². The number of aromatic nitrogens is 2. The van der Waals surface area contributed by atoms with Crippen LogP contribution in [-0.2, 0) is 13.5 Å². The van der Waals surface area contributed by atoms with E-state index < -0.39 is 0 Å². The summed E-state index contributed by atoms with van der Waals surface area (Å²) in [6, 6.07) is 10.5. The highest BCUT2D eigenvalue weighted by Gasteiger charge is 2.21. The number of nitrogens with one attached hydrogen (secondary N) is 1. The van der Waals surface area contributed by atoms with E-state index in [-0.39, 0.29) is 6.03 Å². The Morgan fingerprint density at radius 3 is 2.50 bits per heavy atom. The first-order chi connectivity index (χ1) is 11.6. The van der Waals surface area contributed by atoms with Crippen molar-refractivity contribution in [1.29, 1.82) is 0 Å². The third kappa shape index (κ3) is 3.94. The number of hydrogen-bond acceptors (Lipinski definition) is 3. The third-order valence-electron chi connectivity index (χ3n) is 4.70. The molecule has 1 saturated heterocycles. The Morgan fingerprint density at radius 1 is 1.17 bits per heavy atom. The monoisotopic (exact) mass is 327 g/mol. The van der Waals surface area contributed by atoms with Crippen molar-refractivity contribution in [3.63, 3.8) is 0 Å². The van der Waals surface area contributed by atoms with Crippen molar-refractivity contribution in [3.05, 3.63) is 47.8 Å². The predicted molar refractivity (Wildman–Crippen MR) is 95.1 cm³/mol. The number of benzene rings is 1. The Morgan fingerprint density at radius 2 is 1.88 bits per heavy atom. The minimum atomic E-state index is -0.0335. The van der Waals surface area contributed by atoms with E-state index in [0.29, 0.717) is 0 Å². The van der Waals surface area contributed by atoms with Gasteiger partial charge in [-0.05, 0) is 18.9 Å². The molecule has 6 nitrogen and oxygen atoms in total. The van der Waals surface area contributed by atoms with Gasteiger partial charge in [0.15, 0.2) is 0 Å². The molecule has 2 heterocycles. The van der Waals surface area contributed by atoms with E-state index in [9.17, 15) is 4.79 Å². The minimum Gasteiger partial charge on any atom is -0.322 e. The second-order valence-electron chi connectivity index (χ2n) is 6.26. The summed E-state index contributed by atoms with van der Waals surface area (Å²) in [6.07, 6.45) is 2.76. The summed E-state index contributed by atoms with van der Waals surface area (Å²) in [5.41, 5.74) is 3.11. The van der Waals surface area contributed by atoms with Crippen molar-refractivity contribution in [2.45, 2.75) is 13.3 Å². The molecule has 2 amide bonds. The van der Waals surface area contributed by atoms with Gasteiger partial charge < -0.3 is 10.2 Å². The lowest BCUT2D eigenvalue weighted by molar-refractivity contribution is 0.148. The van der Waals surface area contributed by atoms with Crippen LogP contribution in [0.3, 0.4) is 0 Å². The zero-order valence-electron chi connectivity index (χ0n) is 14.4. The molecular weight excluding hydrogens is 302 g/mol. The van der Waals surface area contributed by atoms with Crippen LogP contribution in [0.15, 0.2) is 36.5 Å². The summed E-state index contributed by atoms with van der Waals surface area (Å²) < 4.78 is 1.76. The Bertz CT molecular complexity index is 674. The minimum absolute atomic E-state index is 0.0335. The molecule has 2 aromatic rings. The number of anilines is 1. The molecule has 3 rings (SSSR count). The molecule has 1 aromatic heterocycles. The Hall–Kier alpha value is -2.34. The van der Waals surface area contributed by atoms with Gasteiger partial charge in [0.05, 0.1) is 17.6 Å². The summed E-state index contributed by atoms with van der Waals surface area (Å²) in [5, 5.41) is 7.11. The smallest absolute Gasteiger partial charge is 0.322 e. The summed E-state index contributed by atoms with van der Waals surface area (Å²) in [7, 11) is 1.87. The molecule has 1 aliphatic rings. The van der Waals surface area contributed by atoms with Crippen molar-refractivity contribution in [3.8, 4) is 0 Å². The summed E-state index contributed by atoms with van der Waals surface area (Å²) in [6.45, 7) is 6.36. The fourth-order valence-electron chi connectivity index (χ4n) is 2.92. The first-order valence-corrected chi connectivity index (χ1v) is 8.44. The van der Waals surface area contributed by atoms with Crippen molar-refractivity contribution in [1.82, 2.24) is 19.6 Å². The van der Waals surface area contributed by atoms with E-state index in [4.69, 9.17) is 0 Å². The van der Waals surface area contributed by atoms with Crippen molar-refractivity contribution >= 4 is 11.7 Å². The van der Waals surface area contributed by atoms with Crippen LogP contribution in [-0.4, -0.2) is 58.3 Å². The van der Waals surface area contributed by atoms with Crippen molar-refractivity contribution in [2.24, 2.45) is 7.05 Å². The number of carbonyl (C=O) groups excluding carboxylic acids is 1. The highest BCUT2D eigenvalue weighted by Crippen LogP contribution is 2.14. The molecule has 0 aliphatic carbocycles.